The molecule has 1 atom stereocenters. The molecule has 1 aromatic rings. The molecule has 1 heterocycles. The average molecular weight is 209 g/mol. The molecule has 5 nitrogen and oxygen atoms in total. The van der Waals surface area contributed by atoms with Crippen molar-refractivity contribution >= 4 is 5.91 Å². The highest BCUT2D eigenvalue weighted by Gasteiger charge is 2.06. The number of aliphatic hydroxyl groups is 1. The lowest BCUT2D eigenvalue weighted by Crippen LogP contribution is -2.30. The maximum Gasteiger partial charge on any atom is 0.251 e. The van der Waals surface area contributed by atoms with E-state index in [1.807, 2.05) is 0 Å². The zero-order valence-corrected chi connectivity index (χ0v) is 8.60. The van der Waals surface area contributed by atoms with Gasteiger partial charge in [-0.25, -0.2) is 0 Å². The summed E-state index contributed by atoms with van der Waals surface area (Å²) >= 11 is 0. The molecule has 82 valence electrons. The Balaban J connectivity index is 2.65. The van der Waals surface area contributed by atoms with Crippen LogP contribution in [0.1, 0.15) is 23.0 Å². The van der Waals surface area contributed by atoms with E-state index in [1.54, 1.807) is 25.3 Å². The Morgan fingerprint density at radius 1 is 1.73 bits per heavy atom. The number of carbonyl (C=O) groups is 1. The first-order valence-corrected chi connectivity index (χ1v) is 4.74. The monoisotopic (exact) mass is 209 g/mol. The first kappa shape index (κ1) is 11.6. The molecule has 0 saturated carbocycles. The molecule has 0 aliphatic carbocycles. The van der Waals surface area contributed by atoms with E-state index in [0.717, 1.165) is 0 Å². The van der Waals surface area contributed by atoms with Gasteiger partial charge >= 0.3 is 0 Å². The van der Waals surface area contributed by atoms with E-state index >= 15 is 0 Å². The van der Waals surface area contributed by atoms with Crippen LogP contribution in [0.3, 0.4) is 0 Å². The van der Waals surface area contributed by atoms with Crippen LogP contribution in [0.15, 0.2) is 18.3 Å². The van der Waals surface area contributed by atoms with Gasteiger partial charge in [-0.05, 0) is 19.1 Å². The van der Waals surface area contributed by atoms with Crippen molar-refractivity contribution in [3.8, 4) is 0 Å². The lowest BCUT2D eigenvalue weighted by molar-refractivity contribution is 0.0924. The van der Waals surface area contributed by atoms with Crippen LogP contribution < -0.4 is 11.1 Å². The van der Waals surface area contributed by atoms with Crippen molar-refractivity contribution in [3.63, 3.8) is 0 Å². The minimum absolute atomic E-state index is 0.229. The second-order valence-corrected chi connectivity index (χ2v) is 3.30. The minimum Gasteiger partial charge on any atom is -0.392 e. The predicted octanol–water partition coefficient (Wildman–Crippen LogP) is -0.349. The molecule has 0 aliphatic rings. The first-order valence-electron chi connectivity index (χ1n) is 4.74. The normalized spacial score (nSPS) is 12.2. The molecule has 0 spiro atoms. The van der Waals surface area contributed by atoms with Gasteiger partial charge in [0.1, 0.15) is 0 Å². The summed E-state index contributed by atoms with van der Waals surface area (Å²) in [5.74, 6) is -0.229. The van der Waals surface area contributed by atoms with E-state index in [4.69, 9.17) is 10.8 Å². The van der Waals surface area contributed by atoms with Crippen molar-refractivity contribution in [3.05, 3.63) is 29.6 Å². The Morgan fingerprint density at radius 2 is 2.47 bits per heavy atom. The summed E-state index contributed by atoms with van der Waals surface area (Å²) in [5.41, 5.74) is 6.58. The molecule has 0 fully saturated rings. The van der Waals surface area contributed by atoms with Gasteiger partial charge < -0.3 is 16.2 Å². The van der Waals surface area contributed by atoms with Crippen LogP contribution >= 0.6 is 0 Å². The number of pyridine rings is 1. The molecule has 1 rings (SSSR count). The fourth-order valence-corrected chi connectivity index (χ4v) is 1.07. The standard InChI is InChI=1S/C10H15N3O2/c1-7(14)6-13-10(15)8-2-3-12-9(4-8)5-11/h2-4,7,14H,5-6,11H2,1H3,(H,13,15)/t7-/m0/s1. The Labute approximate surface area is 88.3 Å². The number of nitrogens with two attached hydrogens (primary N) is 1. The van der Waals surface area contributed by atoms with Crippen molar-refractivity contribution in [1.82, 2.24) is 10.3 Å². The molecule has 0 saturated heterocycles. The molecule has 5 heteroatoms. The number of carbonyl (C=O) groups excluding carboxylic acids is 1. The molecular weight excluding hydrogens is 194 g/mol. The van der Waals surface area contributed by atoms with E-state index in [0.29, 0.717) is 17.8 Å². The number of rotatable bonds is 4. The molecule has 0 radical (unpaired) electrons. The molecule has 0 aliphatic heterocycles. The fourth-order valence-electron chi connectivity index (χ4n) is 1.07. The van der Waals surface area contributed by atoms with Gasteiger partial charge in [0.05, 0.1) is 11.8 Å². The molecule has 1 amide bonds. The molecule has 4 N–H and O–H groups in total. The van der Waals surface area contributed by atoms with E-state index < -0.39 is 6.10 Å². The van der Waals surface area contributed by atoms with Crippen LogP contribution in [0.2, 0.25) is 0 Å². The number of hydrogen-bond acceptors (Lipinski definition) is 4. The summed E-state index contributed by atoms with van der Waals surface area (Å²) < 4.78 is 0. The third-order valence-electron chi connectivity index (χ3n) is 1.85. The Hall–Kier alpha value is -1.46. The maximum atomic E-state index is 11.5. The van der Waals surface area contributed by atoms with Crippen LogP contribution in [-0.4, -0.2) is 28.6 Å². The number of hydrogen-bond donors (Lipinski definition) is 3. The van der Waals surface area contributed by atoms with Gasteiger partial charge in [-0.15, -0.1) is 0 Å². The summed E-state index contributed by atoms with van der Waals surface area (Å²) in [6.07, 6.45) is 0.990. The van der Waals surface area contributed by atoms with Crippen molar-refractivity contribution in [2.45, 2.75) is 19.6 Å². The Morgan fingerprint density at radius 3 is 3.07 bits per heavy atom. The molecule has 0 unspecified atom stereocenters. The average Bonchev–Trinajstić information content (AvgIpc) is 2.26. The van der Waals surface area contributed by atoms with E-state index in [2.05, 4.69) is 10.3 Å². The van der Waals surface area contributed by atoms with Crippen LogP contribution in [0.25, 0.3) is 0 Å². The van der Waals surface area contributed by atoms with Crippen LogP contribution in [0, 0.1) is 0 Å². The van der Waals surface area contributed by atoms with Crippen molar-refractivity contribution in [1.29, 1.82) is 0 Å². The summed E-state index contributed by atoms with van der Waals surface area (Å²) in [4.78, 5) is 15.5. The minimum atomic E-state index is -0.551. The summed E-state index contributed by atoms with van der Waals surface area (Å²) in [5, 5.41) is 11.6. The van der Waals surface area contributed by atoms with Crippen molar-refractivity contribution in [2.24, 2.45) is 5.73 Å². The third-order valence-corrected chi connectivity index (χ3v) is 1.85. The quantitative estimate of drug-likeness (QED) is 0.632. The fraction of sp³-hybridized carbons (Fsp3) is 0.400. The molecular formula is C10H15N3O2. The zero-order chi connectivity index (χ0) is 11.3. The first-order chi connectivity index (χ1) is 7.13. The number of nitrogens with one attached hydrogen (secondary N) is 1. The lowest BCUT2D eigenvalue weighted by Gasteiger charge is -2.07. The third kappa shape index (κ3) is 3.65. The van der Waals surface area contributed by atoms with Gasteiger partial charge in [0, 0.05) is 24.8 Å². The van der Waals surface area contributed by atoms with E-state index in [1.165, 1.54) is 0 Å². The van der Waals surface area contributed by atoms with Crippen LogP contribution in [-0.2, 0) is 6.54 Å². The number of aliphatic hydroxyl groups excluding tert-OH is 1. The lowest BCUT2D eigenvalue weighted by atomic mass is 10.2. The SMILES string of the molecule is C[C@H](O)CNC(=O)c1ccnc(CN)c1. The number of nitrogens with zero attached hydrogens (tertiary/aromatic N) is 1. The second kappa shape index (κ2) is 5.43. The largest absolute Gasteiger partial charge is 0.392 e. The van der Waals surface area contributed by atoms with Gasteiger partial charge in [0.2, 0.25) is 0 Å². The highest BCUT2D eigenvalue weighted by Crippen LogP contribution is 2.00. The second-order valence-electron chi connectivity index (χ2n) is 3.30. The maximum absolute atomic E-state index is 11.5. The van der Waals surface area contributed by atoms with Crippen molar-refractivity contribution in [2.75, 3.05) is 6.54 Å². The highest BCUT2D eigenvalue weighted by molar-refractivity contribution is 5.94. The summed E-state index contributed by atoms with van der Waals surface area (Å²) in [6, 6.07) is 3.24. The van der Waals surface area contributed by atoms with Gasteiger partial charge in [0.25, 0.3) is 5.91 Å². The van der Waals surface area contributed by atoms with E-state index in [-0.39, 0.29) is 12.5 Å². The number of aromatic nitrogens is 1. The number of amides is 1. The van der Waals surface area contributed by atoms with Gasteiger partial charge in [-0.2, -0.15) is 0 Å². The highest BCUT2D eigenvalue weighted by atomic mass is 16.3. The van der Waals surface area contributed by atoms with E-state index in [9.17, 15) is 4.79 Å². The predicted molar refractivity (Wildman–Crippen MR) is 56.1 cm³/mol. The summed E-state index contributed by atoms with van der Waals surface area (Å²) in [6.45, 7) is 2.15. The summed E-state index contributed by atoms with van der Waals surface area (Å²) in [7, 11) is 0. The molecule has 0 bridgehead atoms. The molecule has 0 aromatic carbocycles. The van der Waals surface area contributed by atoms with Gasteiger partial charge in [-0.1, -0.05) is 0 Å². The van der Waals surface area contributed by atoms with Crippen molar-refractivity contribution < 1.29 is 9.90 Å². The van der Waals surface area contributed by atoms with Crippen LogP contribution in [0.4, 0.5) is 0 Å². The smallest absolute Gasteiger partial charge is 0.251 e. The zero-order valence-electron chi connectivity index (χ0n) is 8.60. The molecule has 15 heavy (non-hydrogen) atoms. The Kier molecular flexibility index (Phi) is 4.20. The van der Waals surface area contributed by atoms with Gasteiger partial charge in [0.15, 0.2) is 0 Å². The topological polar surface area (TPSA) is 88.2 Å². The Bertz CT molecular complexity index is 339. The van der Waals surface area contributed by atoms with Crippen LogP contribution in [0.5, 0.6) is 0 Å². The van der Waals surface area contributed by atoms with Gasteiger partial charge in [-0.3, -0.25) is 9.78 Å². The molecule has 1 aromatic heterocycles.